The topological polar surface area (TPSA) is 54.0 Å². The van der Waals surface area contributed by atoms with Crippen LogP contribution in [0.5, 0.6) is 0 Å². The molecule has 0 fully saturated rings. The molecular formula is C20H15F4N3O. The number of benzene rings is 2. The van der Waals surface area contributed by atoms with Crippen LogP contribution >= 0.6 is 0 Å². The molecule has 0 aliphatic carbocycles. The highest BCUT2D eigenvalue weighted by atomic mass is 19.4. The first-order valence-electron chi connectivity index (χ1n) is 8.24. The number of nitrogens with one attached hydrogen (secondary N) is 2. The molecule has 4 nitrogen and oxygen atoms in total. The number of hydrogen-bond acceptors (Lipinski definition) is 3. The normalized spacial score (nSPS) is 11.1. The first-order valence-corrected chi connectivity index (χ1v) is 8.24. The minimum Gasteiger partial charge on any atom is -0.354 e. The summed E-state index contributed by atoms with van der Waals surface area (Å²) >= 11 is 0. The van der Waals surface area contributed by atoms with E-state index in [1.165, 1.54) is 48.8 Å². The molecule has 2 aromatic carbocycles. The van der Waals surface area contributed by atoms with Gasteiger partial charge in [0, 0.05) is 12.7 Å². The summed E-state index contributed by atoms with van der Waals surface area (Å²) in [4.78, 5) is 16.2. The summed E-state index contributed by atoms with van der Waals surface area (Å²) < 4.78 is 52.2. The number of pyridine rings is 1. The Labute approximate surface area is 158 Å². The van der Waals surface area contributed by atoms with Crippen LogP contribution in [0.2, 0.25) is 0 Å². The Kier molecular flexibility index (Phi) is 5.58. The standard InChI is InChI=1S/C20H15F4N3O/c21-15-7-5-13(6-8-15)10-26-19(28)14-9-16(12-25-11-14)27-18-4-2-1-3-17(18)20(22,23)24/h1-9,11-12,27H,10H2,(H,26,28). The van der Waals surface area contributed by atoms with Gasteiger partial charge in [0.05, 0.1) is 28.7 Å². The van der Waals surface area contributed by atoms with Crippen molar-refractivity contribution in [3.8, 4) is 0 Å². The molecule has 1 amide bonds. The first-order chi connectivity index (χ1) is 13.3. The molecule has 0 spiro atoms. The number of anilines is 2. The Bertz CT molecular complexity index is 972. The number of halogens is 4. The second-order valence-electron chi connectivity index (χ2n) is 5.94. The van der Waals surface area contributed by atoms with Gasteiger partial charge in [-0.3, -0.25) is 9.78 Å². The molecule has 0 aliphatic rings. The summed E-state index contributed by atoms with van der Waals surface area (Å²) in [7, 11) is 0. The number of amides is 1. The van der Waals surface area contributed by atoms with Crippen LogP contribution in [-0.2, 0) is 12.7 Å². The van der Waals surface area contributed by atoms with Gasteiger partial charge in [-0.1, -0.05) is 24.3 Å². The third-order valence-corrected chi connectivity index (χ3v) is 3.88. The van der Waals surface area contributed by atoms with Crippen LogP contribution in [-0.4, -0.2) is 10.9 Å². The Morgan fingerprint density at radius 2 is 1.71 bits per heavy atom. The van der Waals surface area contributed by atoms with Gasteiger partial charge in [0.2, 0.25) is 0 Å². The Hall–Kier alpha value is -3.42. The molecular weight excluding hydrogens is 374 g/mol. The lowest BCUT2D eigenvalue weighted by atomic mass is 10.1. The summed E-state index contributed by atoms with van der Waals surface area (Å²) in [5.41, 5.74) is 0.167. The fraction of sp³-hybridized carbons (Fsp3) is 0.100. The van der Waals surface area contributed by atoms with Crippen LogP contribution in [0.1, 0.15) is 21.5 Å². The smallest absolute Gasteiger partial charge is 0.354 e. The summed E-state index contributed by atoms with van der Waals surface area (Å²) in [5, 5.41) is 5.30. The minimum absolute atomic E-state index is 0.138. The molecule has 28 heavy (non-hydrogen) atoms. The average molecular weight is 389 g/mol. The van der Waals surface area contributed by atoms with E-state index in [1.807, 2.05) is 0 Å². The summed E-state index contributed by atoms with van der Waals surface area (Å²) in [6.07, 6.45) is -1.88. The van der Waals surface area contributed by atoms with E-state index in [2.05, 4.69) is 15.6 Å². The monoisotopic (exact) mass is 389 g/mol. The highest BCUT2D eigenvalue weighted by molar-refractivity contribution is 5.94. The van der Waals surface area contributed by atoms with Gasteiger partial charge in [-0.15, -0.1) is 0 Å². The van der Waals surface area contributed by atoms with Crippen molar-refractivity contribution in [3.05, 3.63) is 89.5 Å². The maximum Gasteiger partial charge on any atom is 0.418 e. The van der Waals surface area contributed by atoms with Crippen LogP contribution < -0.4 is 10.6 Å². The number of alkyl halides is 3. The van der Waals surface area contributed by atoms with Gasteiger partial charge >= 0.3 is 6.18 Å². The zero-order valence-electron chi connectivity index (χ0n) is 14.4. The lowest BCUT2D eigenvalue weighted by Gasteiger charge is -2.14. The fourth-order valence-electron chi connectivity index (χ4n) is 2.51. The Morgan fingerprint density at radius 3 is 2.43 bits per heavy atom. The summed E-state index contributed by atoms with van der Waals surface area (Å²) in [6, 6.07) is 12.1. The molecule has 1 heterocycles. The number of nitrogens with zero attached hydrogens (tertiary/aromatic N) is 1. The largest absolute Gasteiger partial charge is 0.418 e. The van der Waals surface area contributed by atoms with Crippen molar-refractivity contribution in [2.75, 3.05) is 5.32 Å². The molecule has 3 aromatic rings. The number of carbonyl (C=O) groups excluding carboxylic acids is 1. The maximum atomic E-state index is 13.1. The van der Waals surface area contributed by atoms with Crippen LogP contribution in [0.3, 0.4) is 0 Å². The van der Waals surface area contributed by atoms with E-state index < -0.39 is 17.6 Å². The zero-order chi connectivity index (χ0) is 20.1. The molecule has 2 N–H and O–H groups in total. The van der Waals surface area contributed by atoms with E-state index in [-0.39, 0.29) is 29.3 Å². The molecule has 8 heteroatoms. The number of para-hydroxylation sites is 1. The molecule has 144 valence electrons. The third kappa shape index (κ3) is 4.85. The predicted molar refractivity (Wildman–Crippen MR) is 96.5 cm³/mol. The van der Waals surface area contributed by atoms with Crippen molar-refractivity contribution in [2.45, 2.75) is 12.7 Å². The van der Waals surface area contributed by atoms with Gasteiger partial charge in [-0.2, -0.15) is 13.2 Å². The fourth-order valence-corrected chi connectivity index (χ4v) is 2.51. The highest BCUT2D eigenvalue weighted by Gasteiger charge is 2.33. The highest BCUT2D eigenvalue weighted by Crippen LogP contribution is 2.35. The van der Waals surface area contributed by atoms with E-state index in [1.54, 1.807) is 12.1 Å². The van der Waals surface area contributed by atoms with Crippen molar-refractivity contribution < 1.29 is 22.4 Å². The van der Waals surface area contributed by atoms with E-state index >= 15 is 0 Å². The van der Waals surface area contributed by atoms with Crippen LogP contribution in [0.15, 0.2) is 67.0 Å². The van der Waals surface area contributed by atoms with Gasteiger partial charge in [0.1, 0.15) is 5.82 Å². The molecule has 0 bridgehead atoms. The van der Waals surface area contributed by atoms with Crippen LogP contribution in [0, 0.1) is 5.82 Å². The van der Waals surface area contributed by atoms with Crippen molar-refractivity contribution in [2.24, 2.45) is 0 Å². The second kappa shape index (κ2) is 8.08. The van der Waals surface area contributed by atoms with Gasteiger partial charge < -0.3 is 10.6 Å². The van der Waals surface area contributed by atoms with Gasteiger partial charge in [0.15, 0.2) is 0 Å². The Morgan fingerprint density at radius 1 is 1.00 bits per heavy atom. The van der Waals surface area contributed by atoms with Gasteiger partial charge in [-0.05, 0) is 35.9 Å². The van der Waals surface area contributed by atoms with E-state index in [4.69, 9.17) is 0 Å². The van der Waals surface area contributed by atoms with E-state index in [0.717, 1.165) is 6.07 Å². The molecule has 0 radical (unpaired) electrons. The molecule has 0 atom stereocenters. The number of rotatable bonds is 5. The number of aromatic nitrogens is 1. The van der Waals surface area contributed by atoms with Crippen molar-refractivity contribution in [3.63, 3.8) is 0 Å². The van der Waals surface area contributed by atoms with Gasteiger partial charge in [-0.25, -0.2) is 4.39 Å². The average Bonchev–Trinajstić information content (AvgIpc) is 2.67. The van der Waals surface area contributed by atoms with E-state index in [9.17, 15) is 22.4 Å². The lowest BCUT2D eigenvalue weighted by molar-refractivity contribution is -0.136. The van der Waals surface area contributed by atoms with Gasteiger partial charge in [0.25, 0.3) is 5.91 Å². The zero-order valence-corrected chi connectivity index (χ0v) is 14.4. The number of hydrogen-bond donors (Lipinski definition) is 2. The van der Waals surface area contributed by atoms with Crippen molar-refractivity contribution >= 4 is 17.3 Å². The summed E-state index contributed by atoms with van der Waals surface area (Å²) in [6.45, 7) is 0.174. The molecule has 0 unspecified atom stereocenters. The molecule has 0 aliphatic heterocycles. The first kappa shape index (κ1) is 19.3. The maximum absolute atomic E-state index is 13.1. The van der Waals surface area contributed by atoms with Crippen LogP contribution in [0.25, 0.3) is 0 Å². The molecule has 1 aromatic heterocycles. The summed E-state index contributed by atoms with van der Waals surface area (Å²) in [5.74, 6) is -0.832. The van der Waals surface area contributed by atoms with E-state index in [0.29, 0.717) is 5.56 Å². The number of carbonyl (C=O) groups is 1. The second-order valence-corrected chi connectivity index (χ2v) is 5.94. The van der Waals surface area contributed by atoms with Crippen molar-refractivity contribution in [1.82, 2.24) is 10.3 Å². The molecule has 0 saturated carbocycles. The predicted octanol–water partition coefficient (Wildman–Crippen LogP) is 4.91. The minimum atomic E-state index is -4.51. The lowest BCUT2D eigenvalue weighted by Crippen LogP contribution is -2.23. The third-order valence-electron chi connectivity index (χ3n) is 3.88. The quantitative estimate of drug-likeness (QED) is 0.610. The SMILES string of the molecule is O=C(NCc1ccc(F)cc1)c1cncc(Nc2ccccc2C(F)(F)F)c1. The van der Waals surface area contributed by atoms with Crippen LogP contribution in [0.4, 0.5) is 28.9 Å². The Balaban J connectivity index is 1.72. The molecule has 3 rings (SSSR count). The molecule has 0 saturated heterocycles. The van der Waals surface area contributed by atoms with Crippen molar-refractivity contribution in [1.29, 1.82) is 0 Å².